The van der Waals surface area contributed by atoms with Gasteiger partial charge in [-0.3, -0.25) is 0 Å². The summed E-state index contributed by atoms with van der Waals surface area (Å²) in [5.41, 5.74) is -1.47. The molecule has 0 bridgehead atoms. The van der Waals surface area contributed by atoms with Crippen LogP contribution in [0.2, 0.25) is 0 Å². The van der Waals surface area contributed by atoms with E-state index in [4.69, 9.17) is 18.9 Å². The van der Waals surface area contributed by atoms with Gasteiger partial charge in [0, 0.05) is 9.99 Å². The average molecular weight is 563 g/mol. The number of ether oxygens (including phenoxy) is 4. The molecule has 32 heavy (non-hydrogen) atoms. The maximum absolute atomic E-state index is 12.8. The zero-order chi connectivity index (χ0) is 24.9. The molecule has 0 aliphatic carbocycles. The lowest BCUT2D eigenvalue weighted by molar-refractivity contribution is -0.157. The van der Waals surface area contributed by atoms with Gasteiger partial charge in [0.2, 0.25) is 0 Å². The molecule has 0 spiro atoms. The van der Waals surface area contributed by atoms with Crippen LogP contribution in [0.4, 0.5) is 9.59 Å². The largest absolute Gasteiger partial charge is 0.514 e. The van der Waals surface area contributed by atoms with Crippen molar-refractivity contribution in [3.8, 4) is 5.75 Å². The topological polar surface area (TPSA) is 100 Å². The van der Waals surface area contributed by atoms with Gasteiger partial charge in [-0.2, -0.15) is 0 Å². The van der Waals surface area contributed by atoms with E-state index in [9.17, 15) is 14.4 Å². The molecule has 8 nitrogen and oxygen atoms in total. The van der Waals surface area contributed by atoms with Gasteiger partial charge in [-0.1, -0.05) is 0 Å². The third kappa shape index (κ3) is 11.5. The summed E-state index contributed by atoms with van der Waals surface area (Å²) in [4.78, 5) is 37.1. The Balaban J connectivity index is 3.10. The van der Waals surface area contributed by atoms with E-state index in [0.717, 1.165) is 3.57 Å². The van der Waals surface area contributed by atoms with E-state index in [1.165, 1.54) is 0 Å². The predicted molar refractivity (Wildman–Crippen MR) is 129 cm³/mol. The lowest BCUT2D eigenvalue weighted by Gasteiger charge is -2.26. The average Bonchev–Trinajstić information content (AvgIpc) is 2.52. The van der Waals surface area contributed by atoms with Gasteiger partial charge in [-0.05, 0) is 109 Å². The lowest BCUT2D eigenvalue weighted by atomic mass is 10.1. The molecule has 0 aromatic heterocycles. The number of halogens is 1. The van der Waals surface area contributed by atoms with Crippen molar-refractivity contribution in [2.45, 2.75) is 91.6 Å². The van der Waals surface area contributed by atoms with Crippen LogP contribution >= 0.6 is 22.6 Å². The van der Waals surface area contributed by atoms with Crippen LogP contribution in [-0.2, 0) is 25.4 Å². The van der Waals surface area contributed by atoms with Crippen LogP contribution < -0.4 is 10.1 Å². The van der Waals surface area contributed by atoms with Crippen molar-refractivity contribution in [2.24, 2.45) is 0 Å². The maximum atomic E-state index is 12.8. The SMILES string of the molecule is CC(C)(C)OC(=O)NC(Cc1cc(OC(=O)OC(C)(C)C)ccc1I)C(=O)OC(C)(C)C. The molecule has 0 fully saturated rings. The van der Waals surface area contributed by atoms with E-state index in [1.54, 1.807) is 80.5 Å². The van der Waals surface area contributed by atoms with Crippen molar-refractivity contribution in [1.82, 2.24) is 5.32 Å². The molecule has 9 heteroatoms. The van der Waals surface area contributed by atoms with Crippen molar-refractivity contribution >= 4 is 40.8 Å². The van der Waals surface area contributed by atoms with Crippen LogP contribution in [0, 0.1) is 3.57 Å². The second-order valence-corrected chi connectivity index (χ2v) is 11.4. The zero-order valence-electron chi connectivity index (χ0n) is 20.3. The van der Waals surface area contributed by atoms with Crippen molar-refractivity contribution in [3.63, 3.8) is 0 Å². The monoisotopic (exact) mass is 563 g/mol. The summed E-state index contributed by atoms with van der Waals surface area (Å²) in [5.74, 6) is -0.340. The van der Waals surface area contributed by atoms with Crippen molar-refractivity contribution in [1.29, 1.82) is 0 Å². The molecule has 0 saturated heterocycles. The Morgan fingerprint density at radius 1 is 0.875 bits per heavy atom. The van der Waals surface area contributed by atoms with E-state index in [0.29, 0.717) is 5.56 Å². The standard InChI is InChI=1S/C23H34INO7/c1-21(2,3)30-18(26)17(25-19(27)31-22(4,5)6)13-14-12-15(10-11-16(14)24)29-20(28)32-23(7,8)9/h10-12,17H,13H2,1-9H3,(H,25,27). The van der Waals surface area contributed by atoms with Gasteiger partial charge in [0.05, 0.1) is 0 Å². The third-order valence-corrected chi connectivity index (χ3v) is 4.47. The smallest absolute Gasteiger partial charge is 0.458 e. The van der Waals surface area contributed by atoms with Crippen LogP contribution in [0.25, 0.3) is 0 Å². The minimum Gasteiger partial charge on any atom is -0.458 e. The van der Waals surface area contributed by atoms with Crippen LogP contribution in [0.1, 0.15) is 67.9 Å². The summed E-state index contributed by atoms with van der Waals surface area (Å²) in [6.45, 7) is 15.6. The van der Waals surface area contributed by atoms with Gasteiger partial charge < -0.3 is 24.3 Å². The van der Waals surface area contributed by atoms with Gasteiger partial charge >= 0.3 is 18.2 Å². The number of hydrogen-bond donors (Lipinski definition) is 1. The molecule has 0 heterocycles. The van der Waals surface area contributed by atoms with Crippen molar-refractivity contribution in [2.75, 3.05) is 0 Å². The molecular formula is C23H34INO7. The first-order valence-corrected chi connectivity index (χ1v) is 11.3. The highest BCUT2D eigenvalue weighted by Gasteiger charge is 2.29. The second kappa shape index (κ2) is 10.7. The summed E-state index contributed by atoms with van der Waals surface area (Å²) in [6, 6.07) is 3.99. The Kier molecular flexibility index (Phi) is 9.38. The fraction of sp³-hybridized carbons (Fsp3) is 0.609. The number of carbonyl (C=O) groups is 3. The molecule has 1 amide bonds. The van der Waals surface area contributed by atoms with Crippen LogP contribution in [0.3, 0.4) is 0 Å². The second-order valence-electron chi connectivity index (χ2n) is 10.3. The predicted octanol–water partition coefficient (Wildman–Crippen LogP) is 5.38. The number of esters is 1. The highest BCUT2D eigenvalue weighted by atomic mass is 127. The maximum Gasteiger partial charge on any atom is 0.514 e. The molecule has 0 aliphatic rings. The first-order valence-electron chi connectivity index (χ1n) is 10.3. The van der Waals surface area contributed by atoms with Crippen LogP contribution in [0.15, 0.2) is 18.2 Å². The Morgan fingerprint density at radius 3 is 1.91 bits per heavy atom. The number of amides is 1. The molecule has 1 aromatic carbocycles. The molecule has 1 aromatic rings. The van der Waals surface area contributed by atoms with Crippen molar-refractivity contribution in [3.05, 3.63) is 27.3 Å². The minimum atomic E-state index is -1.01. The van der Waals surface area contributed by atoms with Crippen molar-refractivity contribution < 1.29 is 33.3 Å². The number of hydrogen-bond acceptors (Lipinski definition) is 7. The zero-order valence-corrected chi connectivity index (χ0v) is 22.4. The number of carbonyl (C=O) groups excluding carboxylic acids is 3. The quantitative estimate of drug-likeness (QED) is 0.222. The Bertz CT molecular complexity index is 832. The third-order valence-electron chi connectivity index (χ3n) is 3.41. The molecular weight excluding hydrogens is 529 g/mol. The molecule has 0 radical (unpaired) electrons. The molecule has 1 atom stereocenters. The van der Waals surface area contributed by atoms with Gasteiger partial charge in [0.15, 0.2) is 0 Å². The van der Waals surface area contributed by atoms with E-state index in [2.05, 4.69) is 27.9 Å². The lowest BCUT2D eigenvalue weighted by Crippen LogP contribution is -2.47. The summed E-state index contributed by atoms with van der Waals surface area (Å²) >= 11 is 2.11. The Hall–Kier alpha value is -2.04. The molecule has 1 N–H and O–H groups in total. The number of alkyl carbamates (subject to hydrolysis) is 1. The molecule has 0 saturated carbocycles. The molecule has 1 rings (SSSR count). The van der Waals surface area contributed by atoms with Gasteiger partial charge in [0.25, 0.3) is 0 Å². The summed E-state index contributed by atoms with van der Waals surface area (Å²) in [7, 11) is 0. The molecule has 0 aliphatic heterocycles. The molecule has 1 unspecified atom stereocenters. The van der Waals surface area contributed by atoms with E-state index in [1.807, 2.05) is 0 Å². The summed E-state index contributed by atoms with van der Waals surface area (Å²) < 4.78 is 22.0. The van der Waals surface area contributed by atoms with E-state index >= 15 is 0 Å². The number of rotatable bonds is 5. The summed E-state index contributed by atoms with van der Waals surface area (Å²) in [5, 5.41) is 2.59. The minimum absolute atomic E-state index is 0.109. The van der Waals surface area contributed by atoms with Gasteiger partial charge in [0.1, 0.15) is 28.6 Å². The van der Waals surface area contributed by atoms with Crippen LogP contribution in [-0.4, -0.2) is 41.1 Å². The first-order chi connectivity index (χ1) is 14.3. The van der Waals surface area contributed by atoms with Gasteiger partial charge in [-0.25, -0.2) is 14.4 Å². The number of nitrogens with one attached hydrogen (secondary N) is 1. The Labute approximate surface area is 203 Å². The van der Waals surface area contributed by atoms with E-state index in [-0.39, 0.29) is 12.2 Å². The normalized spacial score (nSPS) is 13.1. The highest BCUT2D eigenvalue weighted by Crippen LogP contribution is 2.23. The van der Waals surface area contributed by atoms with Crippen LogP contribution in [0.5, 0.6) is 5.75 Å². The van der Waals surface area contributed by atoms with E-state index < -0.39 is 41.1 Å². The summed E-state index contributed by atoms with van der Waals surface area (Å²) in [6.07, 6.45) is -1.46. The van der Waals surface area contributed by atoms with Gasteiger partial charge in [-0.15, -0.1) is 0 Å². The fourth-order valence-corrected chi connectivity index (χ4v) is 2.93. The fourth-order valence-electron chi connectivity index (χ4n) is 2.37. The number of benzene rings is 1. The first kappa shape index (κ1) is 28.0. The Morgan fingerprint density at radius 2 is 1.41 bits per heavy atom. The highest BCUT2D eigenvalue weighted by molar-refractivity contribution is 14.1. The molecule has 180 valence electrons.